The monoisotopic (exact) mass is 369 g/mol. The summed E-state index contributed by atoms with van der Waals surface area (Å²) in [4.78, 5) is 23.2. The minimum Gasteiger partial charge on any atom is -0.461 e. The van der Waals surface area contributed by atoms with Crippen LogP contribution in [0.3, 0.4) is 0 Å². The van der Waals surface area contributed by atoms with Gasteiger partial charge in [0, 0.05) is 44.4 Å². The smallest absolute Gasteiger partial charge is 0.238 e. The van der Waals surface area contributed by atoms with E-state index < -0.39 is 0 Å². The lowest BCUT2D eigenvalue weighted by Crippen LogP contribution is -2.44. The van der Waals surface area contributed by atoms with Crippen LogP contribution in [0.4, 0.5) is 0 Å². The maximum atomic E-state index is 12.8. The second-order valence-corrected chi connectivity index (χ2v) is 6.81. The molecule has 8 heteroatoms. The molecule has 4 rings (SSSR count). The molecule has 8 nitrogen and oxygen atoms in total. The average molecular weight is 369 g/mol. The van der Waals surface area contributed by atoms with Crippen LogP contribution in [0.1, 0.15) is 38.0 Å². The molecule has 142 valence electrons. The van der Waals surface area contributed by atoms with Crippen LogP contribution in [0.5, 0.6) is 0 Å². The van der Waals surface area contributed by atoms with E-state index in [-0.39, 0.29) is 11.9 Å². The zero-order valence-electron chi connectivity index (χ0n) is 15.2. The fourth-order valence-electron chi connectivity index (χ4n) is 3.57. The van der Waals surface area contributed by atoms with Gasteiger partial charge in [0.15, 0.2) is 5.76 Å². The van der Waals surface area contributed by atoms with Crippen LogP contribution < -0.4 is 0 Å². The molecule has 4 heterocycles. The van der Waals surface area contributed by atoms with Crippen molar-refractivity contribution in [2.24, 2.45) is 0 Å². The Morgan fingerprint density at radius 3 is 3.11 bits per heavy atom. The van der Waals surface area contributed by atoms with Gasteiger partial charge in [-0.3, -0.25) is 4.79 Å². The quantitative estimate of drug-likeness (QED) is 0.636. The minimum atomic E-state index is 0.156. The number of hydrogen-bond acceptors (Lipinski definition) is 6. The van der Waals surface area contributed by atoms with Gasteiger partial charge in [0.2, 0.25) is 17.6 Å². The zero-order chi connectivity index (χ0) is 18.5. The van der Waals surface area contributed by atoms with E-state index in [0.29, 0.717) is 30.3 Å². The van der Waals surface area contributed by atoms with E-state index in [4.69, 9.17) is 8.94 Å². The Morgan fingerprint density at radius 1 is 1.33 bits per heavy atom. The van der Waals surface area contributed by atoms with E-state index in [1.54, 1.807) is 24.6 Å². The Hall–Kier alpha value is -2.90. The van der Waals surface area contributed by atoms with Gasteiger partial charge in [0.05, 0.1) is 12.6 Å². The molecular formula is C19H23N5O3. The summed E-state index contributed by atoms with van der Waals surface area (Å²) in [5.74, 6) is 1.59. The molecule has 1 atom stereocenters. The summed E-state index contributed by atoms with van der Waals surface area (Å²) in [6, 6.07) is 3.84. The van der Waals surface area contributed by atoms with Crippen molar-refractivity contribution in [3.05, 3.63) is 43.0 Å². The molecule has 27 heavy (non-hydrogen) atoms. The first kappa shape index (κ1) is 17.5. The molecular weight excluding hydrogens is 346 g/mol. The predicted molar refractivity (Wildman–Crippen MR) is 96.5 cm³/mol. The summed E-state index contributed by atoms with van der Waals surface area (Å²) >= 11 is 0. The van der Waals surface area contributed by atoms with Crippen LogP contribution in [-0.2, 0) is 17.8 Å². The van der Waals surface area contributed by atoms with Crippen LogP contribution in [0.15, 0.2) is 46.1 Å². The van der Waals surface area contributed by atoms with E-state index >= 15 is 0 Å². The van der Waals surface area contributed by atoms with E-state index in [1.807, 2.05) is 17.4 Å². The lowest BCUT2D eigenvalue weighted by atomic mass is 9.98. The lowest BCUT2D eigenvalue weighted by molar-refractivity contribution is -0.135. The Bertz CT molecular complexity index is 841. The average Bonchev–Trinajstić information content (AvgIpc) is 3.47. The number of hydrogen-bond donors (Lipinski definition) is 0. The number of carbonyl (C=O) groups is 1. The number of furan rings is 1. The number of aryl methyl sites for hydroxylation is 2. The third-order valence-corrected chi connectivity index (χ3v) is 4.99. The van der Waals surface area contributed by atoms with E-state index in [2.05, 4.69) is 19.7 Å². The number of nitrogens with zero attached hydrogens (tertiary/aromatic N) is 5. The Balaban J connectivity index is 1.32. The van der Waals surface area contributed by atoms with Gasteiger partial charge in [0.25, 0.3) is 0 Å². The molecule has 1 aliphatic heterocycles. The van der Waals surface area contributed by atoms with Gasteiger partial charge in [-0.15, -0.1) is 0 Å². The van der Waals surface area contributed by atoms with Crippen molar-refractivity contribution in [2.75, 3.05) is 6.54 Å². The topological polar surface area (TPSA) is 90.2 Å². The molecule has 0 N–H and O–H groups in total. The second-order valence-electron chi connectivity index (χ2n) is 6.81. The van der Waals surface area contributed by atoms with Crippen LogP contribution in [-0.4, -0.2) is 43.1 Å². The first-order valence-corrected chi connectivity index (χ1v) is 9.41. The fourth-order valence-corrected chi connectivity index (χ4v) is 3.57. The van der Waals surface area contributed by atoms with Crippen molar-refractivity contribution in [3.63, 3.8) is 0 Å². The van der Waals surface area contributed by atoms with Gasteiger partial charge in [-0.05, 0) is 37.8 Å². The molecule has 0 spiro atoms. The summed E-state index contributed by atoms with van der Waals surface area (Å²) in [5.41, 5.74) is 0. The number of aromatic nitrogens is 4. The van der Waals surface area contributed by atoms with Gasteiger partial charge in [-0.2, -0.15) is 4.98 Å². The standard InChI is InChI=1S/C19H23N5O3/c25-18(7-6-17-21-19(22-27-17)16-5-3-13-26-16)24-10-2-1-4-15(24)8-11-23-12-9-20-14-23/h3,5,9,12-15H,1-2,4,6-8,10-11H2/t15-/m1/s1. The maximum Gasteiger partial charge on any atom is 0.238 e. The van der Waals surface area contributed by atoms with Crippen molar-refractivity contribution >= 4 is 5.91 Å². The molecule has 0 radical (unpaired) electrons. The predicted octanol–water partition coefficient (Wildman–Crippen LogP) is 2.93. The van der Waals surface area contributed by atoms with E-state index in [0.717, 1.165) is 32.4 Å². The summed E-state index contributed by atoms with van der Waals surface area (Å²) in [6.45, 7) is 1.71. The van der Waals surface area contributed by atoms with Crippen molar-refractivity contribution < 1.29 is 13.7 Å². The van der Waals surface area contributed by atoms with E-state index in [9.17, 15) is 4.79 Å². The van der Waals surface area contributed by atoms with Crippen molar-refractivity contribution in [2.45, 2.75) is 51.1 Å². The number of rotatable bonds is 7. The number of likely N-dealkylation sites (tertiary alicyclic amines) is 1. The summed E-state index contributed by atoms with van der Waals surface area (Å²) in [6.07, 6.45) is 12.2. The van der Waals surface area contributed by atoms with Gasteiger partial charge in [-0.25, -0.2) is 4.98 Å². The van der Waals surface area contributed by atoms with Crippen molar-refractivity contribution in [1.29, 1.82) is 0 Å². The lowest BCUT2D eigenvalue weighted by Gasteiger charge is -2.36. The number of amides is 1. The summed E-state index contributed by atoms with van der Waals surface area (Å²) < 4.78 is 12.6. The normalized spacial score (nSPS) is 17.3. The van der Waals surface area contributed by atoms with Crippen LogP contribution in [0.25, 0.3) is 11.6 Å². The zero-order valence-corrected chi connectivity index (χ0v) is 15.2. The molecule has 0 bridgehead atoms. The molecule has 3 aromatic heterocycles. The minimum absolute atomic E-state index is 0.156. The molecule has 0 aromatic carbocycles. The first-order valence-electron chi connectivity index (χ1n) is 9.41. The highest BCUT2D eigenvalue weighted by atomic mass is 16.5. The van der Waals surface area contributed by atoms with E-state index in [1.165, 1.54) is 6.42 Å². The number of carbonyl (C=O) groups excluding carboxylic acids is 1. The number of imidazole rings is 1. The van der Waals surface area contributed by atoms with Gasteiger partial charge in [0.1, 0.15) is 0 Å². The van der Waals surface area contributed by atoms with Gasteiger partial charge in [-0.1, -0.05) is 5.16 Å². The second kappa shape index (κ2) is 8.20. The third-order valence-electron chi connectivity index (χ3n) is 4.99. The molecule has 0 aliphatic carbocycles. The largest absolute Gasteiger partial charge is 0.461 e. The molecule has 1 aliphatic rings. The molecule has 1 saturated heterocycles. The van der Waals surface area contributed by atoms with Gasteiger partial charge < -0.3 is 18.4 Å². The van der Waals surface area contributed by atoms with Crippen molar-refractivity contribution in [1.82, 2.24) is 24.6 Å². The SMILES string of the molecule is O=C(CCc1nc(-c2ccco2)no1)N1CCCC[C@@H]1CCn1ccnc1. The number of piperidine rings is 1. The third kappa shape index (κ3) is 4.27. The molecule has 3 aromatic rings. The Kier molecular flexibility index (Phi) is 5.32. The Labute approximate surface area is 157 Å². The van der Waals surface area contributed by atoms with Crippen LogP contribution in [0.2, 0.25) is 0 Å². The highest BCUT2D eigenvalue weighted by Gasteiger charge is 2.26. The fraction of sp³-hybridized carbons (Fsp3) is 0.474. The Morgan fingerprint density at radius 2 is 2.30 bits per heavy atom. The highest BCUT2D eigenvalue weighted by molar-refractivity contribution is 5.76. The van der Waals surface area contributed by atoms with Gasteiger partial charge >= 0.3 is 0 Å². The molecule has 1 fully saturated rings. The summed E-state index contributed by atoms with van der Waals surface area (Å²) in [5, 5.41) is 3.91. The van der Waals surface area contributed by atoms with Crippen LogP contribution >= 0.6 is 0 Å². The summed E-state index contributed by atoms with van der Waals surface area (Å²) in [7, 11) is 0. The maximum absolute atomic E-state index is 12.8. The highest BCUT2D eigenvalue weighted by Crippen LogP contribution is 2.22. The first-order chi connectivity index (χ1) is 13.3. The molecule has 0 saturated carbocycles. The molecule has 0 unspecified atom stereocenters. The molecule has 1 amide bonds. The van der Waals surface area contributed by atoms with Crippen molar-refractivity contribution in [3.8, 4) is 11.6 Å². The van der Waals surface area contributed by atoms with Crippen LogP contribution in [0, 0.1) is 0 Å².